The van der Waals surface area contributed by atoms with Gasteiger partial charge in [0.05, 0.1) is 30.9 Å². The quantitative estimate of drug-likeness (QED) is 0.633. The SMILES string of the molecule is C=CCOc1cnc(/C(F)=C/c2ccc(F)c(C3N=C(N)C4CCC3S4(=O)=O)c2)cn1.CF. The topological polar surface area (TPSA) is 108 Å². The fourth-order valence-corrected chi connectivity index (χ4v) is 6.18. The van der Waals surface area contributed by atoms with Gasteiger partial charge >= 0.3 is 0 Å². The second-order valence-corrected chi connectivity index (χ2v) is 9.66. The lowest BCUT2D eigenvalue weighted by Crippen LogP contribution is -2.42. The van der Waals surface area contributed by atoms with Gasteiger partial charge in [0.15, 0.2) is 15.7 Å². The minimum Gasteiger partial charge on any atom is -0.472 e. The van der Waals surface area contributed by atoms with Crippen LogP contribution in [0.1, 0.15) is 35.7 Å². The van der Waals surface area contributed by atoms with Crippen LogP contribution >= 0.6 is 0 Å². The van der Waals surface area contributed by atoms with Crippen LogP contribution in [-0.4, -0.2) is 48.5 Å². The number of hydrogen-bond donors (Lipinski definition) is 1. The fraction of sp³-hybridized carbons (Fsp3) is 0.318. The molecule has 2 N–H and O–H groups in total. The van der Waals surface area contributed by atoms with Crippen molar-refractivity contribution < 1.29 is 26.3 Å². The summed E-state index contributed by atoms with van der Waals surface area (Å²) in [4.78, 5) is 12.2. The molecular formula is C22H23F3N4O3S. The maximum absolute atomic E-state index is 14.7. The van der Waals surface area contributed by atoms with E-state index >= 15 is 0 Å². The highest BCUT2D eigenvalue weighted by atomic mass is 32.2. The number of hydrogen-bond acceptors (Lipinski definition) is 7. The van der Waals surface area contributed by atoms with Crippen molar-refractivity contribution in [3.05, 3.63) is 65.9 Å². The Morgan fingerprint density at radius 3 is 2.70 bits per heavy atom. The summed E-state index contributed by atoms with van der Waals surface area (Å²) in [5.74, 6) is -1.09. The lowest BCUT2D eigenvalue weighted by atomic mass is 9.98. The minimum atomic E-state index is -3.53. The Morgan fingerprint density at radius 2 is 2.03 bits per heavy atom. The second kappa shape index (κ2) is 10.2. The molecule has 0 spiro atoms. The number of rotatable bonds is 6. The van der Waals surface area contributed by atoms with Crippen molar-refractivity contribution in [3.8, 4) is 5.88 Å². The van der Waals surface area contributed by atoms with E-state index in [4.69, 9.17) is 10.5 Å². The number of halogens is 3. The second-order valence-electron chi connectivity index (χ2n) is 7.31. The van der Waals surface area contributed by atoms with Crippen LogP contribution in [0.3, 0.4) is 0 Å². The molecule has 0 aliphatic carbocycles. The highest BCUT2D eigenvalue weighted by molar-refractivity contribution is 7.93. The normalized spacial score (nSPS) is 23.2. The number of aliphatic imine (C=N–C) groups is 1. The van der Waals surface area contributed by atoms with Crippen LogP contribution in [0.25, 0.3) is 11.9 Å². The Bertz CT molecular complexity index is 1180. The van der Waals surface area contributed by atoms with Gasteiger partial charge in [-0.25, -0.2) is 27.2 Å². The third-order valence-electron chi connectivity index (χ3n) is 5.36. The van der Waals surface area contributed by atoms with E-state index in [1.54, 1.807) is 6.08 Å². The summed E-state index contributed by atoms with van der Waals surface area (Å²) in [6.07, 6.45) is 5.93. The molecule has 2 aliphatic heterocycles. The van der Waals surface area contributed by atoms with Gasteiger partial charge in [0.25, 0.3) is 0 Å². The Labute approximate surface area is 189 Å². The number of aromatic nitrogens is 2. The molecule has 0 saturated carbocycles. The number of alkyl halides is 1. The van der Waals surface area contributed by atoms with Crippen molar-refractivity contribution in [2.75, 3.05) is 13.8 Å². The Morgan fingerprint density at radius 1 is 1.27 bits per heavy atom. The zero-order chi connectivity index (χ0) is 24.2. The molecule has 3 atom stereocenters. The molecule has 0 amide bonds. The van der Waals surface area contributed by atoms with E-state index < -0.39 is 38.0 Å². The molecule has 1 saturated heterocycles. The van der Waals surface area contributed by atoms with Gasteiger partial charge in [-0.15, -0.1) is 0 Å². The number of amidine groups is 1. The van der Waals surface area contributed by atoms with E-state index in [-0.39, 0.29) is 29.6 Å². The van der Waals surface area contributed by atoms with Crippen LogP contribution in [0.2, 0.25) is 0 Å². The van der Waals surface area contributed by atoms with Gasteiger partial charge in [-0.1, -0.05) is 18.7 Å². The molecule has 33 heavy (non-hydrogen) atoms. The summed E-state index contributed by atoms with van der Waals surface area (Å²) in [5.41, 5.74) is 6.22. The van der Waals surface area contributed by atoms with Crippen molar-refractivity contribution in [3.63, 3.8) is 0 Å². The molecule has 11 heteroatoms. The molecular weight excluding hydrogens is 457 g/mol. The van der Waals surface area contributed by atoms with Gasteiger partial charge < -0.3 is 10.5 Å². The summed E-state index contributed by atoms with van der Waals surface area (Å²) in [6.45, 7) is 3.77. The minimum absolute atomic E-state index is 0.000636. The van der Waals surface area contributed by atoms with E-state index in [2.05, 4.69) is 21.5 Å². The average Bonchev–Trinajstić information content (AvgIpc) is 3.00. The van der Waals surface area contributed by atoms with E-state index in [0.717, 1.165) is 6.07 Å². The van der Waals surface area contributed by atoms with Crippen molar-refractivity contribution in [1.29, 1.82) is 0 Å². The smallest absolute Gasteiger partial charge is 0.232 e. The average molecular weight is 481 g/mol. The van der Waals surface area contributed by atoms with E-state index in [0.29, 0.717) is 25.6 Å². The molecule has 1 fully saturated rings. The Hall–Kier alpha value is -3.21. The third-order valence-corrected chi connectivity index (χ3v) is 7.96. The predicted molar refractivity (Wildman–Crippen MR) is 120 cm³/mol. The number of benzene rings is 1. The third kappa shape index (κ3) is 4.92. The van der Waals surface area contributed by atoms with Gasteiger partial charge in [-0.05, 0) is 36.6 Å². The van der Waals surface area contributed by atoms with Crippen LogP contribution in [0, 0.1) is 5.82 Å². The van der Waals surface area contributed by atoms with Crippen LogP contribution in [0.15, 0.2) is 48.2 Å². The molecule has 2 aromatic rings. The van der Waals surface area contributed by atoms with Crippen molar-refractivity contribution >= 4 is 27.6 Å². The van der Waals surface area contributed by atoms with Crippen molar-refractivity contribution in [1.82, 2.24) is 9.97 Å². The zero-order valence-corrected chi connectivity index (χ0v) is 18.6. The number of sulfone groups is 1. The first-order chi connectivity index (χ1) is 15.8. The van der Waals surface area contributed by atoms with Gasteiger partial charge in [0, 0.05) is 5.56 Å². The first-order valence-corrected chi connectivity index (χ1v) is 11.6. The molecule has 7 nitrogen and oxygen atoms in total. The molecule has 4 rings (SSSR count). The monoisotopic (exact) mass is 480 g/mol. The van der Waals surface area contributed by atoms with Gasteiger partial charge in [0.1, 0.15) is 29.2 Å². The molecule has 2 aliphatic rings. The largest absolute Gasteiger partial charge is 0.472 e. The molecule has 176 valence electrons. The van der Waals surface area contributed by atoms with Crippen LogP contribution in [-0.2, 0) is 9.84 Å². The lowest BCUT2D eigenvalue weighted by Gasteiger charge is -2.26. The maximum Gasteiger partial charge on any atom is 0.232 e. The zero-order valence-electron chi connectivity index (χ0n) is 17.8. The van der Waals surface area contributed by atoms with Gasteiger partial charge in [-0.2, -0.15) is 0 Å². The molecule has 2 bridgehead atoms. The first kappa shape index (κ1) is 24.4. The van der Waals surface area contributed by atoms with Gasteiger partial charge in [-0.3, -0.25) is 9.38 Å². The maximum atomic E-state index is 14.7. The summed E-state index contributed by atoms with van der Waals surface area (Å²) in [6, 6.07) is 2.97. The lowest BCUT2D eigenvalue weighted by molar-refractivity contribution is 0.347. The molecule has 1 aromatic carbocycles. The van der Waals surface area contributed by atoms with Crippen molar-refractivity contribution in [2.45, 2.75) is 29.4 Å². The molecule has 3 unspecified atom stereocenters. The Kier molecular flexibility index (Phi) is 7.52. The molecule has 0 radical (unpaired) electrons. The van der Waals surface area contributed by atoms with E-state index in [9.17, 15) is 21.6 Å². The number of ether oxygens (including phenoxy) is 1. The predicted octanol–water partition coefficient (Wildman–Crippen LogP) is 3.59. The summed E-state index contributed by atoms with van der Waals surface area (Å²) >= 11 is 0. The standard InChI is InChI=1S/C21H20F2N4O3S.CH3F/c1-2-7-30-19-11-25-16(10-26-19)15(23)9-12-3-4-14(22)13(8-12)20-17-5-6-18(21(24)27-20)31(17,28)29;1-2/h2-4,8-11,17-18,20H,1,5-7H2,(H2,24,27);1H3/b15-9-;. The van der Waals surface area contributed by atoms with Crippen LogP contribution < -0.4 is 10.5 Å². The van der Waals surface area contributed by atoms with Crippen molar-refractivity contribution in [2.24, 2.45) is 10.7 Å². The van der Waals surface area contributed by atoms with Crippen LogP contribution in [0.4, 0.5) is 13.2 Å². The first-order valence-electron chi connectivity index (χ1n) is 9.97. The van der Waals surface area contributed by atoms with Crippen LogP contribution in [0.5, 0.6) is 5.88 Å². The molecule has 3 heterocycles. The highest BCUT2D eigenvalue weighted by Gasteiger charge is 2.51. The summed E-state index contributed by atoms with van der Waals surface area (Å²) in [7, 11) is -3.03. The van der Waals surface area contributed by atoms with E-state index in [1.165, 1.54) is 30.6 Å². The summed E-state index contributed by atoms with van der Waals surface area (Å²) in [5, 5.41) is -1.63. The summed E-state index contributed by atoms with van der Waals surface area (Å²) < 4.78 is 69.3. The fourth-order valence-electron chi connectivity index (χ4n) is 3.86. The number of nitrogens with two attached hydrogens (primary N) is 1. The Balaban J connectivity index is 0.00000149. The van der Waals surface area contributed by atoms with E-state index in [1.807, 2.05) is 0 Å². The highest BCUT2D eigenvalue weighted by Crippen LogP contribution is 2.42. The number of nitrogens with zero attached hydrogens (tertiary/aromatic N) is 3. The number of fused-ring (bicyclic) bond motifs is 2. The molecule has 1 aromatic heterocycles. The van der Waals surface area contributed by atoms with Gasteiger partial charge in [0.2, 0.25) is 5.88 Å².